The first kappa shape index (κ1) is 19.4. The lowest BCUT2D eigenvalue weighted by Gasteiger charge is -2.32. The van der Waals surface area contributed by atoms with Crippen LogP contribution >= 0.6 is 0 Å². The van der Waals surface area contributed by atoms with Crippen molar-refractivity contribution in [2.45, 2.75) is 32.6 Å². The van der Waals surface area contributed by atoms with Gasteiger partial charge in [-0.3, -0.25) is 9.10 Å². The molecule has 0 aromatic heterocycles. The second-order valence-corrected chi connectivity index (χ2v) is 9.17. The van der Waals surface area contributed by atoms with E-state index in [4.69, 9.17) is 0 Å². The number of para-hydroxylation sites is 2. The van der Waals surface area contributed by atoms with Gasteiger partial charge in [0.1, 0.15) is 6.54 Å². The average molecular weight is 387 g/mol. The summed E-state index contributed by atoms with van der Waals surface area (Å²) in [4.78, 5) is 14.8. The fourth-order valence-electron chi connectivity index (χ4n) is 3.58. The van der Waals surface area contributed by atoms with Gasteiger partial charge in [0, 0.05) is 12.2 Å². The lowest BCUT2D eigenvalue weighted by molar-refractivity contribution is -0.117. The summed E-state index contributed by atoms with van der Waals surface area (Å²) in [6.07, 6.45) is 2.97. The van der Waals surface area contributed by atoms with Gasteiger partial charge in [0.2, 0.25) is 15.9 Å². The molecule has 0 unspecified atom stereocenters. The first-order chi connectivity index (χ1) is 12.8. The summed E-state index contributed by atoms with van der Waals surface area (Å²) in [5.41, 5.74) is 3.51. The van der Waals surface area contributed by atoms with Crippen LogP contribution in [0.5, 0.6) is 0 Å². The van der Waals surface area contributed by atoms with Crippen molar-refractivity contribution in [2.75, 3.05) is 28.6 Å². The van der Waals surface area contributed by atoms with Crippen LogP contribution in [-0.4, -0.2) is 33.7 Å². The molecule has 0 saturated carbocycles. The SMILES string of the molecule is CC(C)c1ccccc1N(CC(=O)N1CCCc2ccccc21)S(C)(=O)=O. The third-order valence-electron chi connectivity index (χ3n) is 4.92. The number of rotatable bonds is 5. The molecule has 27 heavy (non-hydrogen) atoms. The van der Waals surface area contributed by atoms with Crippen LogP contribution in [0.3, 0.4) is 0 Å². The van der Waals surface area contributed by atoms with E-state index in [0.29, 0.717) is 12.2 Å². The maximum atomic E-state index is 13.1. The van der Waals surface area contributed by atoms with Crippen molar-refractivity contribution < 1.29 is 13.2 Å². The van der Waals surface area contributed by atoms with Crippen molar-refractivity contribution in [3.63, 3.8) is 0 Å². The molecule has 3 rings (SSSR count). The van der Waals surface area contributed by atoms with Crippen LogP contribution in [0.2, 0.25) is 0 Å². The van der Waals surface area contributed by atoms with E-state index in [1.807, 2.05) is 50.2 Å². The number of benzene rings is 2. The first-order valence-corrected chi connectivity index (χ1v) is 11.1. The minimum atomic E-state index is -3.60. The molecular formula is C21H26N2O3S. The minimum absolute atomic E-state index is 0.149. The Morgan fingerprint density at radius 2 is 1.78 bits per heavy atom. The molecule has 0 spiro atoms. The van der Waals surface area contributed by atoms with Crippen molar-refractivity contribution in [2.24, 2.45) is 0 Å². The number of aryl methyl sites for hydroxylation is 1. The fourth-order valence-corrected chi connectivity index (χ4v) is 4.45. The smallest absolute Gasteiger partial charge is 0.247 e. The number of carbonyl (C=O) groups excluding carboxylic acids is 1. The number of carbonyl (C=O) groups is 1. The van der Waals surface area contributed by atoms with Gasteiger partial charge in [0.25, 0.3) is 0 Å². The van der Waals surface area contributed by atoms with Crippen LogP contribution in [0.15, 0.2) is 48.5 Å². The van der Waals surface area contributed by atoms with Gasteiger partial charge in [-0.25, -0.2) is 8.42 Å². The predicted molar refractivity (Wildman–Crippen MR) is 110 cm³/mol. The molecule has 5 nitrogen and oxygen atoms in total. The predicted octanol–water partition coefficient (Wildman–Crippen LogP) is 3.56. The summed E-state index contributed by atoms with van der Waals surface area (Å²) in [5.74, 6) is -0.0533. The summed E-state index contributed by atoms with van der Waals surface area (Å²) in [5, 5.41) is 0. The Labute approximate surface area is 161 Å². The molecular weight excluding hydrogens is 360 g/mol. The fraction of sp³-hybridized carbons (Fsp3) is 0.381. The minimum Gasteiger partial charge on any atom is -0.311 e. The standard InChI is InChI=1S/C21H26N2O3S/c1-16(2)18-11-5-7-13-20(18)23(27(3,25)26)15-21(24)22-14-8-10-17-9-4-6-12-19(17)22/h4-7,9,11-13,16H,8,10,14-15H2,1-3H3. The van der Waals surface area contributed by atoms with Gasteiger partial charge in [-0.05, 0) is 42.0 Å². The first-order valence-electron chi connectivity index (χ1n) is 9.24. The highest BCUT2D eigenvalue weighted by molar-refractivity contribution is 7.92. The van der Waals surface area contributed by atoms with Crippen LogP contribution in [0.25, 0.3) is 0 Å². The Kier molecular flexibility index (Phi) is 5.56. The molecule has 0 saturated heterocycles. The molecule has 0 radical (unpaired) electrons. The normalized spacial score (nSPS) is 14.1. The van der Waals surface area contributed by atoms with E-state index in [-0.39, 0.29) is 18.4 Å². The molecule has 0 atom stereocenters. The van der Waals surface area contributed by atoms with Gasteiger partial charge in [0.15, 0.2) is 0 Å². The Bertz CT molecular complexity index is 938. The number of fused-ring (bicyclic) bond motifs is 1. The molecule has 1 heterocycles. The number of anilines is 2. The van der Waals surface area contributed by atoms with Gasteiger partial charge in [-0.15, -0.1) is 0 Å². The Morgan fingerprint density at radius 3 is 2.48 bits per heavy atom. The summed E-state index contributed by atoms with van der Waals surface area (Å²) in [7, 11) is -3.60. The van der Waals surface area contributed by atoms with E-state index in [0.717, 1.165) is 35.9 Å². The largest absolute Gasteiger partial charge is 0.311 e. The third-order valence-corrected chi connectivity index (χ3v) is 6.04. The van der Waals surface area contributed by atoms with E-state index in [1.165, 1.54) is 4.31 Å². The second-order valence-electron chi connectivity index (χ2n) is 7.26. The molecule has 0 N–H and O–H groups in total. The highest BCUT2D eigenvalue weighted by Gasteiger charge is 2.28. The molecule has 0 fully saturated rings. The number of sulfonamides is 1. The third kappa shape index (κ3) is 4.16. The van der Waals surface area contributed by atoms with Gasteiger partial charge in [0.05, 0.1) is 11.9 Å². The summed E-state index contributed by atoms with van der Waals surface area (Å²) >= 11 is 0. The molecule has 2 aromatic rings. The second kappa shape index (κ2) is 7.72. The number of hydrogen-bond donors (Lipinski definition) is 0. The lowest BCUT2D eigenvalue weighted by atomic mass is 10.0. The van der Waals surface area contributed by atoms with E-state index >= 15 is 0 Å². The Balaban J connectivity index is 1.95. The Morgan fingerprint density at radius 1 is 1.11 bits per heavy atom. The van der Waals surface area contributed by atoms with Gasteiger partial charge in [-0.1, -0.05) is 50.2 Å². The molecule has 1 aliphatic heterocycles. The maximum absolute atomic E-state index is 13.1. The van der Waals surface area contributed by atoms with Crippen molar-refractivity contribution in [1.82, 2.24) is 0 Å². The molecule has 2 aromatic carbocycles. The zero-order valence-electron chi connectivity index (χ0n) is 16.1. The number of hydrogen-bond acceptors (Lipinski definition) is 3. The van der Waals surface area contributed by atoms with E-state index in [9.17, 15) is 13.2 Å². The lowest BCUT2D eigenvalue weighted by Crippen LogP contribution is -2.45. The van der Waals surface area contributed by atoms with Crippen LogP contribution in [0.1, 0.15) is 37.3 Å². The molecule has 0 bridgehead atoms. The zero-order chi connectivity index (χ0) is 19.6. The van der Waals surface area contributed by atoms with E-state index < -0.39 is 10.0 Å². The highest BCUT2D eigenvalue weighted by Crippen LogP contribution is 2.30. The van der Waals surface area contributed by atoms with Gasteiger partial charge >= 0.3 is 0 Å². The van der Waals surface area contributed by atoms with Crippen molar-refractivity contribution in [3.05, 3.63) is 59.7 Å². The average Bonchev–Trinajstić information content (AvgIpc) is 2.64. The maximum Gasteiger partial charge on any atom is 0.247 e. The van der Waals surface area contributed by atoms with Crippen molar-refractivity contribution in [1.29, 1.82) is 0 Å². The molecule has 0 aliphatic carbocycles. The number of amides is 1. The molecule has 1 aliphatic rings. The van der Waals surface area contributed by atoms with Gasteiger partial charge in [-0.2, -0.15) is 0 Å². The van der Waals surface area contributed by atoms with Crippen LogP contribution < -0.4 is 9.21 Å². The molecule has 144 valence electrons. The molecule has 1 amide bonds. The topological polar surface area (TPSA) is 57.7 Å². The van der Waals surface area contributed by atoms with Crippen molar-refractivity contribution in [3.8, 4) is 0 Å². The summed E-state index contributed by atoms with van der Waals surface area (Å²) in [6, 6.07) is 15.2. The summed E-state index contributed by atoms with van der Waals surface area (Å²) in [6.45, 7) is 4.44. The Hall–Kier alpha value is -2.34. The van der Waals surface area contributed by atoms with E-state index in [2.05, 4.69) is 0 Å². The van der Waals surface area contributed by atoms with Gasteiger partial charge < -0.3 is 4.90 Å². The van der Waals surface area contributed by atoms with Crippen molar-refractivity contribution >= 4 is 27.3 Å². The molecule has 6 heteroatoms. The quantitative estimate of drug-likeness (QED) is 0.790. The highest BCUT2D eigenvalue weighted by atomic mass is 32.2. The monoisotopic (exact) mass is 386 g/mol. The number of nitrogens with zero attached hydrogens (tertiary/aromatic N) is 2. The van der Waals surface area contributed by atoms with Crippen LogP contribution in [0, 0.1) is 0 Å². The van der Waals surface area contributed by atoms with Crippen LogP contribution in [-0.2, 0) is 21.2 Å². The van der Waals surface area contributed by atoms with E-state index in [1.54, 1.807) is 17.0 Å². The summed E-state index contributed by atoms with van der Waals surface area (Å²) < 4.78 is 26.3. The van der Waals surface area contributed by atoms with Crippen LogP contribution in [0.4, 0.5) is 11.4 Å². The zero-order valence-corrected chi connectivity index (χ0v) is 16.9.